The van der Waals surface area contributed by atoms with Crippen LogP contribution >= 0.6 is 11.3 Å². The number of aryl methyl sites for hydroxylation is 1. The third-order valence-corrected chi connectivity index (χ3v) is 7.19. The highest BCUT2D eigenvalue weighted by Crippen LogP contribution is 2.31. The Bertz CT molecular complexity index is 1330. The molecule has 1 saturated heterocycles. The van der Waals surface area contributed by atoms with Crippen LogP contribution in [0, 0.1) is 6.92 Å². The molecular weight excluding hydrogens is 505 g/mol. The minimum absolute atomic E-state index is 0.209. The molecule has 37 heavy (non-hydrogen) atoms. The zero-order valence-corrected chi connectivity index (χ0v) is 21.1. The molecule has 1 fully saturated rings. The summed E-state index contributed by atoms with van der Waals surface area (Å²) >= 11 is 1.64. The highest BCUT2D eigenvalue weighted by molar-refractivity contribution is 7.18. The summed E-state index contributed by atoms with van der Waals surface area (Å²) in [6.45, 7) is 6.49. The van der Waals surface area contributed by atoms with Gasteiger partial charge >= 0.3 is 6.18 Å². The van der Waals surface area contributed by atoms with Crippen molar-refractivity contribution < 1.29 is 27.4 Å². The summed E-state index contributed by atoms with van der Waals surface area (Å²) in [5, 5.41) is 11.5. The summed E-state index contributed by atoms with van der Waals surface area (Å²) in [6, 6.07) is 10.6. The van der Waals surface area contributed by atoms with Gasteiger partial charge in [0.1, 0.15) is 24.7 Å². The SMILES string of the molecule is Cc1nc2cc(OC[C@@H](O)CN3CCN(Cc4coc(-c5ccc(C(F)(F)F)cc5)n4)CC3)ccc2s1. The zero-order chi connectivity index (χ0) is 26.0. The summed E-state index contributed by atoms with van der Waals surface area (Å²) in [6.07, 6.45) is -3.44. The normalized spacial score (nSPS) is 16.4. The Hall–Kier alpha value is -2.99. The van der Waals surface area contributed by atoms with Gasteiger partial charge in [-0.15, -0.1) is 11.3 Å². The zero-order valence-electron chi connectivity index (χ0n) is 20.2. The van der Waals surface area contributed by atoms with Crippen molar-refractivity contribution >= 4 is 21.6 Å². The lowest BCUT2D eigenvalue weighted by molar-refractivity contribution is -0.137. The molecule has 2 aromatic carbocycles. The molecule has 4 aromatic rings. The topological polar surface area (TPSA) is 74.9 Å². The van der Waals surface area contributed by atoms with Gasteiger partial charge in [0, 0.05) is 50.9 Å². The number of β-amino-alcohol motifs (C(OH)–C–C–N with tert-alkyl or cyclic N) is 1. The number of thiazole rings is 1. The average molecular weight is 533 g/mol. The monoisotopic (exact) mass is 532 g/mol. The van der Waals surface area contributed by atoms with Gasteiger partial charge in [-0.05, 0) is 43.3 Å². The largest absolute Gasteiger partial charge is 0.491 e. The summed E-state index contributed by atoms with van der Waals surface area (Å²) in [4.78, 5) is 13.4. The van der Waals surface area contributed by atoms with Gasteiger partial charge in [0.05, 0.1) is 26.5 Å². The van der Waals surface area contributed by atoms with Crippen molar-refractivity contribution in [1.29, 1.82) is 0 Å². The number of aliphatic hydroxyl groups is 1. The van der Waals surface area contributed by atoms with Crippen LogP contribution < -0.4 is 4.74 Å². The van der Waals surface area contributed by atoms with Crippen molar-refractivity contribution in [3.63, 3.8) is 0 Å². The molecule has 0 unspecified atom stereocenters. The maximum Gasteiger partial charge on any atom is 0.416 e. The Morgan fingerprint density at radius 1 is 1.05 bits per heavy atom. The van der Waals surface area contributed by atoms with E-state index in [1.165, 1.54) is 12.1 Å². The molecular formula is C26H27F3N4O3S. The van der Waals surface area contributed by atoms with Crippen LogP contribution in [0.3, 0.4) is 0 Å². The van der Waals surface area contributed by atoms with Gasteiger partial charge in [-0.3, -0.25) is 9.80 Å². The first-order valence-electron chi connectivity index (χ1n) is 12.0. The van der Waals surface area contributed by atoms with E-state index in [0.717, 1.165) is 59.2 Å². The predicted octanol–water partition coefficient (Wildman–Crippen LogP) is 4.84. The quantitative estimate of drug-likeness (QED) is 0.348. The Morgan fingerprint density at radius 2 is 1.78 bits per heavy atom. The third kappa shape index (κ3) is 6.48. The van der Waals surface area contributed by atoms with Gasteiger partial charge in [0.25, 0.3) is 0 Å². The van der Waals surface area contributed by atoms with E-state index in [4.69, 9.17) is 9.15 Å². The number of benzene rings is 2. The number of alkyl halides is 3. The van der Waals surface area contributed by atoms with Crippen molar-refractivity contribution in [3.05, 3.63) is 65.0 Å². The highest BCUT2D eigenvalue weighted by Gasteiger charge is 2.30. The first kappa shape index (κ1) is 25.7. The molecule has 0 amide bonds. The number of oxazole rings is 1. The number of hydrogen-bond acceptors (Lipinski definition) is 8. The number of ether oxygens (including phenoxy) is 1. The molecule has 0 spiro atoms. The molecule has 1 aliphatic heterocycles. The van der Waals surface area contributed by atoms with Crippen LogP contribution in [0.15, 0.2) is 53.1 Å². The van der Waals surface area contributed by atoms with Crippen LogP contribution in [0.2, 0.25) is 0 Å². The smallest absolute Gasteiger partial charge is 0.416 e. The molecule has 3 heterocycles. The summed E-state index contributed by atoms with van der Waals surface area (Å²) in [5.74, 6) is 1.000. The molecule has 1 aliphatic rings. The van der Waals surface area contributed by atoms with Gasteiger partial charge < -0.3 is 14.3 Å². The number of piperazine rings is 1. The standard InChI is InChI=1S/C26H27F3N4O3S/c1-17-30-23-12-22(6-7-24(23)37-17)35-16-21(34)14-33-10-8-32(9-11-33)13-20-15-36-25(31-20)18-2-4-19(5-3-18)26(27,28)29/h2-7,12,15,21,34H,8-11,13-14,16H2,1H3/t21-/m0/s1. The summed E-state index contributed by atoms with van der Waals surface area (Å²) in [7, 11) is 0. The molecule has 7 nitrogen and oxygen atoms in total. The van der Waals surface area contributed by atoms with E-state index in [1.54, 1.807) is 17.6 Å². The molecule has 0 radical (unpaired) electrons. The van der Waals surface area contributed by atoms with E-state index in [-0.39, 0.29) is 6.61 Å². The molecule has 5 rings (SSSR count). The lowest BCUT2D eigenvalue weighted by atomic mass is 10.1. The molecule has 0 bridgehead atoms. The molecule has 2 aromatic heterocycles. The minimum atomic E-state index is -4.37. The van der Waals surface area contributed by atoms with E-state index < -0.39 is 17.8 Å². The number of halogens is 3. The Labute approximate surface area is 216 Å². The van der Waals surface area contributed by atoms with Crippen LogP contribution in [-0.4, -0.2) is 70.3 Å². The predicted molar refractivity (Wildman–Crippen MR) is 135 cm³/mol. The van der Waals surface area contributed by atoms with Crippen molar-refractivity contribution in [3.8, 4) is 17.2 Å². The van der Waals surface area contributed by atoms with Crippen molar-refractivity contribution in [2.75, 3.05) is 39.3 Å². The Morgan fingerprint density at radius 3 is 2.51 bits per heavy atom. The molecule has 1 atom stereocenters. The van der Waals surface area contributed by atoms with E-state index in [1.807, 2.05) is 25.1 Å². The second kappa shape index (κ2) is 10.8. The van der Waals surface area contributed by atoms with Gasteiger partial charge in [0.15, 0.2) is 0 Å². The van der Waals surface area contributed by atoms with E-state index >= 15 is 0 Å². The fourth-order valence-corrected chi connectivity index (χ4v) is 5.14. The summed E-state index contributed by atoms with van der Waals surface area (Å²) < 4.78 is 50.7. The van der Waals surface area contributed by atoms with Gasteiger partial charge in [-0.25, -0.2) is 9.97 Å². The number of hydrogen-bond donors (Lipinski definition) is 1. The maximum absolute atomic E-state index is 12.8. The third-order valence-electron chi connectivity index (χ3n) is 6.24. The number of fused-ring (bicyclic) bond motifs is 1. The maximum atomic E-state index is 12.8. The fraction of sp³-hybridized carbons (Fsp3) is 0.385. The van der Waals surface area contributed by atoms with Crippen LogP contribution in [0.4, 0.5) is 13.2 Å². The molecule has 11 heteroatoms. The van der Waals surface area contributed by atoms with Crippen LogP contribution in [0.1, 0.15) is 16.3 Å². The van der Waals surface area contributed by atoms with Crippen LogP contribution in [0.25, 0.3) is 21.7 Å². The lowest BCUT2D eigenvalue weighted by Gasteiger charge is -2.35. The van der Waals surface area contributed by atoms with E-state index in [0.29, 0.717) is 30.3 Å². The van der Waals surface area contributed by atoms with Crippen molar-refractivity contribution in [1.82, 2.24) is 19.8 Å². The fourth-order valence-electron chi connectivity index (χ4n) is 4.33. The molecule has 196 valence electrons. The first-order valence-corrected chi connectivity index (χ1v) is 12.8. The van der Waals surface area contributed by atoms with Gasteiger partial charge in [0.2, 0.25) is 5.89 Å². The number of nitrogens with zero attached hydrogens (tertiary/aromatic N) is 4. The molecule has 0 saturated carbocycles. The Balaban J connectivity index is 1.06. The van der Waals surface area contributed by atoms with Crippen molar-refractivity contribution in [2.45, 2.75) is 25.7 Å². The first-order chi connectivity index (χ1) is 17.7. The average Bonchev–Trinajstić information content (AvgIpc) is 3.49. The summed E-state index contributed by atoms with van der Waals surface area (Å²) in [5.41, 5.74) is 1.43. The Kier molecular flexibility index (Phi) is 7.47. The van der Waals surface area contributed by atoms with E-state index in [2.05, 4.69) is 19.8 Å². The van der Waals surface area contributed by atoms with Gasteiger partial charge in [-0.1, -0.05) is 0 Å². The second-order valence-electron chi connectivity index (χ2n) is 9.12. The van der Waals surface area contributed by atoms with Crippen LogP contribution in [-0.2, 0) is 12.7 Å². The number of rotatable bonds is 8. The number of aromatic nitrogens is 2. The van der Waals surface area contributed by atoms with E-state index in [9.17, 15) is 18.3 Å². The highest BCUT2D eigenvalue weighted by atomic mass is 32.1. The molecule has 0 aliphatic carbocycles. The second-order valence-corrected chi connectivity index (χ2v) is 10.4. The minimum Gasteiger partial charge on any atom is -0.491 e. The van der Waals surface area contributed by atoms with Crippen molar-refractivity contribution in [2.24, 2.45) is 0 Å². The van der Waals surface area contributed by atoms with Gasteiger partial charge in [-0.2, -0.15) is 13.2 Å². The lowest BCUT2D eigenvalue weighted by Crippen LogP contribution is -2.48. The van der Waals surface area contributed by atoms with Crippen LogP contribution in [0.5, 0.6) is 5.75 Å². The number of aliphatic hydroxyl groups excluding tert-OH is 1. The molecule has 1 N–H and O–H groups in total.